The van der Waals surface area contributed by atoms with Gasteiger partial charge in [-0.1, -0.05) is 11.6 Å². The van der Waals surface area contributed by atoms with Crippen LogP contribution in [0.4, 0.5) is 13.2 Å². The lowest BCUT2D eigenvalue weighted by atomic mass is 10.1. The number of carbonyl (C=O) groups is 1. The van der Waals surface area contributed by atoms with Crippen LogP contribution in [0.15, 0.2) is 49.2 Å². The van der Waals surface area contributed by atoms with Crippen LogP contribution in [0.5, 0.6) is 0 Å². The lowest BCUT2D eigenvalue weighted by molar-refractivity contribution is -0.137. The zero-order valence-corrected chi connectivity index (χ0v) is 16.1. The van der Waals surface area contributed by atoms with Crippen LogP contribution in [0, 0.1) is 0 Å². The Morgan fingerprint density at radius 1 is 1.07 bits per heavy atom. The van der Waals surface area contributed by atoms with E-state index < -0.39 is 23.7 Å². The lowest BCUT2D eigenvalue weighted by Crippen LogP contribution is -2.31. The van der Waals surface area contributed by atoms with E-state index >= 15 is 0 Å². The Hall–Kier alpha value is -3.07. The van der Waals surface area contributed by atoms with Gasteiger partial charge in [-0.15, -0.1) is 0 Å². The number of benzene rings is 1. The Morgan fingerprint density at radius 2 is 1.76 bits per heavy atom. The zero-order chi connectivity index (χ0) is 21.2. The average Bonchev–Trinajstić information content (AvgIpc) is 2.71. The van der Waals surface area contributed by atoms with E-state index in [1.54, 1.807) is 6.92 Å². The van der Waals surface area contributed by atoms with Crippen molar-refractivity contribution in [2.45, 2.75) is 19.1 Å². The van der Waals surface area contributed by atoms with Crippen molar-refractivity contribution in [3.8, 4) is 11.4 Å². The predicted molar refractivity (Wildman–Crippen MR) is 100 cm³/mol. The number of rotatable bonds is 4. The van der Waals surface area contributed by atoms with E-state index in [9.17, 15) is 18.0 Å². The summed E-state index contributed by atoms with van der Waals surface area (Å²) >= 11 is 5.80. The Balaban J connectivity index is 1.95. The van der Waals surface area contributed by atoms with Crippen molar-refractivity contribution >= 4 is 17.5 Å². The van der Waals surface area contributed by atoms with Gasteiger partial charge in [0.15, 0.2) is 0 Å². The van der Waals surface area contributed by atoms with Gasteiger partial charge in [-0.05, 0) is 25.1 Å². The largest absolute Gasteiger partial charge is 0.416 e. The van der Waals surface area contributed by atoms with Gasteiger partial charge in [0.2, 0.25) is 0 Å². The Morgan fingerprint density at radius 3 is 2.41 bits per heavy atom. The number of nitrogens with zero attached hydrogens (tertiary/aromatic N) is 5. The van der Waals surface area contributed by atoms with Crippen LogP contribution in [-0.2, 0) is 6.18 Å². The first-order valence-electron chi connectivity index (χ1n) is 8.40. The summed E-state index contributed by atoms with van der Waals surface area (Å²) in [5, 5.41) is -0.177. The smallest absolute Gasteiger partial charge is 0.333 e. The third-order valence-electron chi connectivity index (χ3n) is 4.30. The third kappa shape index (κ3) is 4.51. The van der Waals surface area contributed by atoms with Gasteiger partial charge < -0.3 is 4.90 Å². The normalized spacial score (nSPS) is 12.5. The van der Waals surface area contributed by atoms with E-state index in [1.165, 1.54) is 49.0 Å². The molecular formula is C19H15ClF3N5O. The molecule has 0 saturated carbocycles. The molecule has 0 saturated heterocycles. The average molecular weight is 422 g/mol. The number of carbonyl (C=O) groups excluding carboxylic acids is 1. The molecule has 0 bridgehead atoms. The minimum atomic E-state index is -4.62. The third-order valence-corrected chi connectivity index (χ3v) is 4.52. The van der Waals surface area contributed by atoms with E-state index in [0.29, 0.717) is 17.1 Å². The molecule has 2 aromatic heterocycles. The molecule has 150 valence electrons. The molecule has 0 aliphatic heterocycles. The maximum Gasteiger partial charge on any atom is 0.416 e. The molecule has 0 aliphatic rings. The Kier molecular flexibility index (Phi) is 5.78. The maximum absolute atomic E-state index is 13.1. The van der Waals surface area contributed by atoms with Gasteiger partial charge in [-0.3, -0.25) is 24.7 Å². The van der Waals surface area contributed by atoms with Gasteiger partial charge in [0.1, 0.15) is 11.4 Å². The first-order valence-corrected chi connectivity index (χ1v) is 8.78. The second kappa shape index (κ2) is 8.12. The minimum Gasteiger partial charge on any atom is -0.333 e. The molecule has 1 amide bonds. The number of aromatic nitrogens is 4. The van der Waals surface area contributed by atoms with E-state index in [1.807, 2.05) is 0 Å². The van der Waals surface area contributed by atoms with Crippen LogP contribution >= 0.6 is 11.6 Å². The van der Waals surface area contributed by atoms with Gasteiger partial charge in [-0.25, -0.2) is 0 Å². The number of halogens is 4. The predicted octanol–water partition coefficient (Wildman–Crippen LogP) is 4.44. The van der Waals surface area contributed by atoms with Crippen LogP contribution in [0.25, 0.3) is 11.4 Å². The minimum absolute atomic E-state index is 0.177. The Labute approximate surface area is 169 Å². The molecule has 3 rings (SSSR count). The summed E-state index contributed by atoms with van der Waals surface area (Å²) in [6.07, 6.45) is 2.84. The van der Waals surface area contributed by atoms with Gasteiger partial charge in [0.05, 0.1) is 23.5 Å². The molecule has 0 radical (unpaired) electrons. The van der Waals surface area contributed by atoms with Crippen molar-refractivity contribution in [3.63, 3.8) is 0 Å². The fourth-order valence-electron chi connectivity index (χ4n) is 2.71. The standard InChI is InChI=1S/C19H15ClF3N5O/c1-11(16-17(27-6-5-26-16)15-10-24-3-4-25-15)28(2)18(29)12-7-13(19(21,22)23)9-14(20)8-12/h3-11H,1-2H3. The van der Waals surface area contributed by atoms with Crippen LogP contribution in [0.2, 0.25) is 5.02 Å². The van der Waals surface area contributed by atoms with Crippen LogP contribution < -0.4 is 0 Å². The van der Waals surface area contributed by atoms with Gasteiger partial charge in [0, 0.05) is 42.4 Å². The highest BCUT2D eigenvalue weighted by atomic mass is 35.5. The first kappa shape index (κ1) is 20.7. The SMILES string of the molecule is CC(c1nccnc1-c1cnccn1)N(C)C(=O)c1cc(Cl)cc(C(F)(F)F)c1. The molecule has 1 aromatic carbocycles. The number of hydrogen-bond acceptors (Lipinski definition) is 5. The summed E-state index contributed by atoms with van der Waals surface area (Å²) in [5.41, 5.74) is 0.153. The van der Waals surface area contributed by atoms with E-state index in [0.717, 1.165) is 12.1 Å². The van der Waals surface area contributed by atoms with Crippen LogP contribution in [-0.4, -0.2) is 37.8 Å². The fourth-order valence-corrected chi connectivity index (χ4v) is 2.95. The molecule has 0 aliphatic carbocycles. The summed E-state index contributed by atoms with van der Waals surface area (Å²) in [7, 11) is 1.47. The summed E-state index contributed by atoms with van der Waals surface area (Å²) < 4.78 is 39.2. The molecule has 3 aromatic rings. The number of alkyl halides is 3. The molecule has 29 heavy (non-hydrogen) atoms. The maximum atomic E-state index is 13.1. The molecule has 0 N–H and O–H groups in total. The van der Waals surface area contributed by atoms with E-state index in [2.05, 4.69) is 19.9 Å². The van der Waals surface area contributed by atoms with E-state index in [4.69, 9.17) is 11.6 Å². The number of hydrogen-bond donors (Lipinski definition) is 0. The van der Waals surface area contributed by atoms with Gasteiger partial charge >= 0.3 is 6.18 Å². The molecular weight excluding hydrogens is 407 g/mol. The van der Waals surface area contributed by atoms with Gasteiger partial charge in [-0.2, -0.15) is 13.2 Å². The van der Waals surface area contributed by atoms with Crippen molar-refractivity contribution in [2.75, 3.05) is 7.05 Å². The second-order valence-electron chi connectivity index (χ2n) is 6.20. The molecule has 10 heteroatoms. The summed E-state index contributed by atoms with van der Waals surface area (Å²) in [6.45, 7) is 1.69. The zero-order valence-electron chi connectivity index (χ0n) is 15.4. The highest BCUT2D eigenvalue weighted by Crippen LogP contribution is 2.33. The monoisotopic (exact) mass is 421 g/mol. The summed E-state index contributed by atoms with van der Waals surface area (Å²) in [6, 6.07) is 2.14. The Bertz CT molecular complexity index is 1030. The highest BCUT2D eigenvalue weighted by Gasteiger charge is 2.32. The highest BCUT2D eigenvalue weighted by molar-refractivity contribution is 6.31. The van der Waals surface area contributed by atoms with Crippen molar-refractivity contribution in [1.82, 2.24) is 24.8 Å². The lowest BCUT2D eigenvalue weighted by Gasteiger charge is -2.26. The van der Waals surface area contributed by atoms with E-state index in [-0.39, 0.29) is 10.6 Å². The van der Waals surface area contributed by atoms with Crippen LogP contribution in [0.3, 0.4) is 0 Å². The molecule has 0 spiro atoms. The van der Waals surface area contributed by atoms with Crippen molar-refractivity contribution in [3.05, 3.63) is 71.0 Å². The quantitative estimate of drug-likeness (QED) is 0.622. The number of amides is 1. The van der Waals surface area contributed by atoms with Crippen LogP contribution in [0.1, 0.15) is 34.6 Å². The van der Waals surface area contributed by atoms with Gasteiger partial charge in [0.25, 0.3) is 5.91 Å². The first-order chi connectivity index (χ1) is 13.7. The van der Waals surface area contributed by atoms with Crippen molar-refractivity contribution in [2.24, 2.45) is 0 Å². The molecule has 0 fully saturated rings. The molecule has 2 heterocycles. The molecule has 1 unspecified atom stereocenters. The summed E-state index contributed by atoms with van der Waals surface area (Å²) in [5.74, 6) is -0.638. The molecule has 6 nitrogen and oxygen atoms in total. The second-order valence-corrected chi connectivity index (χ2v) is 6.64. The van der Waals surface area contributed by atoms with Crippen molar-refractivity contribution in [1.29, 1.82) is 0 Å². The topological polar surface area (TPSA) is 71.9 Å². The van der Waals surface area contributed by atoms with Crippen molar-refractivity contribution < 1.29 is 18.0 Å². The fraction of sp³-hybridized carbons (Fsp3) is 0.211. The summed E-state index contributed by atoms with van der Waals surface area (Å²) in [4.78, 5) is 30.9. The molecule has 1 atom stereocenters.